The molecule has 6 nitrogen and oxygen atoms in total. The maximum atomic E-state index is 13.3. The lowest BCUT2D eigenvalue weighted by molar-refractivity contribution is -0.138. The van der Waals surface area contributed by atoms with E-state index in [0.717, 1.165) is 45.3 Å². The Kier molecular flexibility index (Phi) is 8.63. The molecule has 2 aliphatic rings. The van der Waals surface area contributed by atoms with Crippen molar-refractivity contribution in [1.82, 2.24) is 19.8 Å². The van der Waals surface area contributed by atoms with Crippen LogP contribution in [-0.2, 0) is 25.4 Å². The van der Waals surface area contributed by atoms with Gasteiger partial charge in [0.05, 0.1) is 33.5 Å². The number of hydrogen-bond acceptors (Lipinski definition) is 6. The predicted molar refractivity (Wildman–Crippen MR) is 175 cm³/mol. The Hall–Kier alpha value is -4.42. The SMILES string of the molecule is FC(F)(F)c1cccc(N2CCN(Cc3nc4cc5ccccc5cc4nc3CN3CCN(c4cccc(C(F)(F)F)c4)CC3)CC2)c1. The Labute approximate surface area is 274 Å². The highest BCUT2D eigenvalue weighted by molar-refractivity contribution is 5.94. The smallest absolute Gasteiger partial charge is 0.369 e. The average molecular weight is 665 g/mol. The predicted octanol–water partition coefficient (Wildman–Crippen LogP) is 7.47. The quantitative estimate of drug-likeness (QED) is 0.139. The van der Waals surface area contributed by atoms with Gasteiger partial charge in [0.2, 0.25) is 0 Å². The molecule has 3 heterocycles. The molecule has 0 spiro atoms. The fraction of sp³-hybridized carbons (Fsp3) is 0.333. The highest BCUT2D eigenvalue weighted by Gasteiger charge is 2.32. The van der Waals surface area contributed by atoms with E-state index in [4.69, 9.17) is 9.97 Å². The number of piperazine rings is 2. The number of fused-ring (bicyclic) bond motifs is 2. The van der Waals surface area contributed by atoms with Crippen molar-refractivity contribution in [3.8, 4) is 0 Å². The summed E-state index contributed by atoms with van der Waals surface area (Å²) < 4.78 is 79.9. The molecule has 1 aromatic heterocycles. The van der Waals surface area contributed by atoms with Gasteiger partial charge in [-0.3, -0.25) is 9.80 Å². The molecule has 2 saturated heterocycles. The van der Waals surface area contributed by atoms with E-state index in [1.54, 1.807) is 12.1 Å². The fourth-order valence-electron chi connectivity index (χ4n) is 6.58. The van der Waals surface area contributed by atoms with Crippen molar-refractivity contribution >= 4 is 33.2 Å². The number of nitrogens with zero attached hydrogens (tertiary/aromatic N) is 6. The third kappa shape index (κ3) is 7.05. The molecule has 0 aliphatic carbocycles. The molecule has 7 rings (SSSR count). The van der Waals surface area contributed by atoms with Crippen molar-refractivity contribution < 1.29 is 26.3 Å². The maximum absolute atomic E-state index is 13.3. The van der Waals surface area contributed by atoms with Gasteiger partial charge < -0.3 is 9.80 Å². The fourth-order valence-corrected chi connectivity index (χ4v) is 6.58. The van der Waals surface area contributed by atoms with E-state index in [1.165, 1.54) is 24.3 Å². The minimum atomic E-state index is -4.39. The standard InChI is InChI=1S/C36H34F6N6/c37-35(38,39)27-7-3-9-29(21-27)47-15-11-45(12-16-47)23-33-34(44-32-20-26-6-2-1-5-25(26)19-31(32)43-33)24-46-13-17-48(18-14-46)30-10-4-8-28(22-30)36(40,41)42/h1-10,19-22H,11-18,23-24H2. The molecule has 0 unspecified atom stereocenters. The highest BCUT2D eigenvalue weighted by Crippen LogP contribution is 2.33. The zero-order valence-electron chi connectivity index (χ0n) is 26.1. The molecule has 5 aromatic rings. The van der Waals surface area contributed by atoms with Crippen LogP contribution in [0.15, 0.2) is 84.9 Å². The number of aromatic nitrogens is 2. The van der Waals surface area contributed by atoms with Gasteiger partial charge in [-0.25, -0.2) is 9.97 Å². The van der Waals surface area contributed by atoms with Gasteiger partial charge in [0.1, 0.15) is 0 Å². The van der Waals surface area contributed by atoms with Crippen molar-refractivity contribution in [3.63, 3.8) is 0 Å². The van der Waals surface area contributed by atoms with Crippen LogP contribution in [0.5, 0.6) is 0 Å². The van der Waals surface area contributed by atoms with Crippen molar-refractivity contribution in [2.75, 3.05) is 62.2 Å². The lowest BCUT2D eigenvalue weighted by Gasteiger charge is -2.37. The van der Waals surface area contributed by atoms with Crippen LogP contribution in [-0.4, -0.2) is 72.1 Å². The third-order valence-electron chi connectivity index (χ3n) is 9.26. The summed E-state index contributed by atoms with van der Waals surface area (Å²) in [5.74, 6) is 0. The Morgan fingerprint density at radius 3 is 1.25 bits per heavy atom. The van der Waals surface area contributed by atoms with E-state index in [1.807, 2.05) is 46.2 Å². The molecule has 12 heteroatoms. The van der Waals surface area contributed by atoms with Gasteiger partial charge in [-0.05, 0) is 59.3 Å². The van der Waals surface area contributed by atoms with Gasteiger partial charge in [0, 0.05) is 76.8 Å². The molecule has 4 aromatic carbocycles. The van der Waals surface area contributed by atoms with Crippen LogP contribution in [0, 0.1) is 0 Å². The minimum Gasteiger partial charge on any atom is -0.369 e. The Balaban J connectivity index is 1.08. The first-order valence-corrected chi connectivity index (χ1v) is 16.0. The van der Waals surface area contributed by atoms with Crippen molar-refractivity contribution in [1.29, 1.82) is 0 Å². The summed E-state index contributed by atoms with van der Waals surface area (Å²) in [6.07, 6.45) is -8.78. The van der Waals surface area contributed by atoms with E-state index < -0.39 is 23.5 Å². The molecule has 0 amide bonds. The van der Waals surface area contributed by atoms with Crippen LogP contribution in [0.25, 0.3) is 21.8 Å². The first-order valence-electron chi connectivity index (χ1n) is 16.0. The summed E-state index contributed by atoms with van der Waals surface area (Å²) in [5.41, 5.74) is 3.12. The number of rotatable bonds is 6. The lowest BCUT2D eigenvalue weighted by atomic mass is 10.1. The van der Waals surface area contributed by atoms with Crippen molar-refractivity contribution in [2.24, 2.45) is 0 Å². The highest BCUT2D eigenvalue weighted by atomic mass is 19.4. The number of anilines is 2. The summed E-state index contributed by atoms with van der Waals surface area (Å²) in [7, 11) is 0. The van der Waals surface area contributed by atoms with Gasteiger partial charge in [-0.15, -0.1) is 0 Å². The van der Waals surface area contributed by atoms with Crippen LogP contribution in [0.1, 0.15) is 22.5 Å². The van der Waals surface area contributed by atoms with Gasteiger partial charge in [0.25, 0.3) is 0 Å². The van der Waals surface area contributed by atoms with Crippen molar-refractivity contribution in [3.05, 3.63) is 107 Å². The van der Waals surface area contributed by atoms with Crippen LogP contribution in [0.4, 0.5) is 37.7 Å². The lowest BCUT2D eigenvalue weighted by Crippen LogP contribution is -2.47. The molecule has 2 aliphatic heterocycles. The second-order valence-electron chi connectivity index (χ2n) is 12.4. The van der Waals surface area contributed by atoms with E-state index >= 15 is 0 Å². The molecule has 250 valence electrons. The molecular formula is C36H34F6N6. The molecule has 0 N–H and O–H groups in total. The number of alkyl halides is 6. The Bertz CT molecular complexity index is 1770. The monoisotopic (exact) mass is 664 g/mol. The number of benzene rings is 4. The Morgan fingerprint density at radius 2 is 0.875 bits per heavy atom. The van der Waals surface area contributed by atoms with E-state index in [9.17, 15) is 26.3 Å². The number of halogens is 6. The summed E-state index contributed by atoms with van der Waals surface area (Å²) in [4.78, 5) is 18.7. The van der Waals surface area contributed by atoms with Gasteiger partial charge in [-0.2, -0.15) is 26.3 Å². The third-order valence-corrected chi connectivity index (χ3v) is 9.26. The largest absolute Gasteiger partial charge is 0.416 e. The Morgan fingerprint density at radius 1 is 0.479 bits per heavy atom. The van der Waals surface area contributed by atoms with E-state index in [0.29, 0.717) is 76.8 Å². The number of hydrogen-bond donors (Lipinski definition) is 0. The van der Waals surface area contributed by atoms with Crippen LogP contribution in [0.3, 0.4) is 0 Å². The van der Waals surface area contributed by atoms with E-state index in [-0.39, 0.29) is 0 Å². The molecule has 0 atom stereocenters. The summed E-state index contributed by atoms with van der Waals surface area (Å²) >= 11 is 0. The van der Waals surface area contributed by atoms with Crippen LogP contribution in [0.2, 0.25) is 0 Å². The molecule has 2 fully saturated rings. The molecule has 0 bridgehead atoms. The topological polar surface area (TPSA) is 38.7 Å². The summed E-state index contributed by atoms with van der Waals surface area (Å²) in [6, 6.07) is 23.1. The maximum Gasteiger partial charge on any atom is 0.416 e. The second kappa shape index (κ2) is 12.9. The summed E-state index contributed by atoms with van der Waals surface area (Å²) in [5, 5.41) is 2.14. The van der Waals surface area contributed by atoms with Crippen LogP contribution >= 0.6 is 0 Å². The molecule has 0 saturated carbocycles. The van der Waals surface area contributed by atoms with E-state index in [2.05, 4.69) is 9.80 Å². The minimum absolute atomic E-state index is 0.547. The second-order valence-corrected chi connectivity index (χ2v) is 12.4. The van der Waals surface area contributed by atoms with Gasteiger partial charge >= 0.3 is 12.4 Å². The average Bonchev–Trinajstić information content (AvgIpc) is 3.08. The zero-order valence-corrected chi connectivity index (χ0v) is 26.1. The molecule has 0 radical (unpaired) electrons. The van der Waals surface area contributed by atoms with Gasteiger partial charge in [0.15, 0.2) is 0 Å². The normalized spacial score (nSPS) is 17.0. The first kappa shape index (κ1) is 32.1. The molecule has 48 heavy (non-hydrogen) atoms. The summed E-state index contributed by atoms with van der Waals surface area (Å²) in [6.45, 7) is 6.05. The zero-order chi connectivity index (χ0) is 33.5. The van der Waals surface area contributed by atoms with Crippen molar-refractivity contribution in [2.45, 2.75) is 25.4 Å². The molecular weight excluding hydrogens is 630 g/mol. The van der Waals surface area contributed by atoms with Crippen LogP contribution < -0.4 is 9.80 Å². The van der Waals surface area contributed by atoms with Gasteiger partial charge in [-0.1, -0.05) is 36.4 Å². The first-order chi connectivity index (χ1) is 23.0.